The molecule has 1 heterocycles. The highest BCUT2D eigenvalue weighted by molar-refractivity contribution is 6.31. The molecule has 1 aliphatic rings. The molecule has 1 unspecified atom stereocenters. The topological polar surface area (TPSA) is 44.1 Å². The maximum Gasteiger partial charge on any atom is 0.259 e. The molecule has 0 radical (unpaired) electrons. The Morgan fingerprint density at radius 1 is 1.19 bits per heavy atom. The largest absolute Gasteiger partial charge is 0.288 e. The van der Waals surface area contributed by atoms with Crippen molar-refractivity contribution in [3.8, 4) is 6.07 Å². The number of hydrogen-bond acceptors (Lipinski definition) is 2. The van der Waals surface area contributed by atoms with E-state index in [4.69, 9.17) is 11.6 Å². The molecule has 4 heteroatoms. The first-order chi connectivity index (χ1) is 10.2. The molecule has 0 aliphatic carbocycles. The summed E-state index contributed by atoms with van der Waals surface area (Å²) in [4.78, 5) is 14.3. The summed E-state index contributed by atoms with van der Waals surface area (Å²) in [7, 11) is 0. The van der Waals surface area contributed by atoms with Crippen molar-refractivity contribution in [1.29, 1.82) is 5.26 Å². The van der Waals surface area contributed by atoms with Gasteiger partial charge in [0, 0.05) is 10.6 Å². The summed E-state index contributed by atoms with van der Waals surface area (Å²) in [5.74, 6) is -0.235. The minimum absolute atomic E-state index is 0.235. The van der Waals surface area contributed by atoms with Crippen molar-refractivity contribution < 1.29 is 4.79 Å². The summed E-state index contributed by atoms with van der Waals surface area (Å²) in [6, 6.07) is 15.8. The lowest BCUT2D eigenvalue weighted by Crippen LogP contribution is -2.40. The molecule has 3 nitrogen and oxygen atoms in total. The van der Waals surface area contributed by atoms with Crippen molar-refractivity contribution in [1.82, 2.24) is 0 Å². The van der Waals surface area contributed by atoms with Gasteiger partial charge in [-0.2, -0.15) is 5.26 Å². The Morgan fingerprint density at radius 3 is 2.76 bits per heavy atom. The normalized spacial score (nSPS) is 16.2. The van der Waals surface area contributed by atoms with Crippen molar-refractivity contribution in [2.24, 2.45) is 0 Å². The second-order valence-electron chi connectivity index (χ2n) is 4.68. The molecular formula is C17H11ClN2O. The van der Waals surface area contributed by atoms with Gasteiger partial charge in [-0.3, -0.25) is 9.69 Å². The first-order valence-electron chi connectivity index (χ1n) is 6.46. The predicted octanol–water partition coefficient (Wildman–Crippen LogP) is 3.91. The van der Waals surface area contributed by atoms with E-state index in [1.54, 1.807) is 30.3 Å². The number of amides is 1. The zero-order valence-corrected chi connectivity index (χ0v) is 11.8. The van der Waals surface area contributed by atoms with Crippen LogP contribution in [-0.2, 0) is 0 Å². The van der Waals surface area contributed by atoms with Gasteiger partial charge in [0.2, 0.25) is 0 Å². The summed E-state index contributed by atoms with van der Waals surface area (Å²) >= 11 is 5.95. The van der Waals surface area contributed by atoms with Gasteiger partial charge in [-0.25, -0.2) is 0 Å². The number of nitrogens with zero attached hydrogens (tertiary/aromatic N) is 2. The second-order valence-corrected chi connectivity index (χ2v) is 5.11. The van der Waals surface area contributed by atoms with Crippen LogP contribution in [0, 0.1) is 11.3 Å². The SMILES string of the molecule is N#CC1C=Cc2ccccc2N1C(=O)c1cccc(Cl)c1. The average molecular weight is 295 g/mol. The van der Waals surface area contributed by atoms with Crippen molar-refractivity contribution in [3.63, 3.8) is 0 Å². The Bertz CT molecular complexity index is 776. The van der Waals surface area contributed by atoms with Gasteiger partial charge in [0.1, 0.15) is 6.04 Å². The molecule has 0 spiro atoms. The van der Waals surface area contributed by atoms with Crippen LogP contribution in [0.15, 0.2) is 54.6 Å². The quantitative estimate of drug-likeness (QED) is 0.800. The van der Waals surface area contributed by atoms with E-state index in [1.165, 1.54) is 4.90 Å². The van der Waals surface area contributed by atoms with Gasteiger partial charge in [0.05, 0.1) is 11.8 Å². The molecule has 1 atom stereocenters. The molecule has 0 bridgehead atoms. The van der Waals surface area contributed by atoms with E-state index in [0.29, 0.717) is 10.6 Å². The molecule has 2 aromatic rings. The number of para-hydroxylation sites is 1. The van der Waals surface area contributed by atoms with Crippen molar-refractivity contribution in [2.75, 3.05) is 4.90 Å². The Balaban J connectivity index is 2.09. The van der Waals surface area contributed by atoms with Gasteiger partial charge in [0.15, 0.2) is 0 Å². The predicted molar refractivity (Wildman–Crippen MR) is 83.1 cm³/mol. The molecule has 3 rings (SSSR count). The van der Waals surface area contributed by atoms with E-state index < -0.39 is 6.04 Å². The van der Waals surface area contributed by atoms with Crippen LogP contribution in [0.25, 0.3) is 6.08 Å². The average Bonchev–Trinajstić information content (AvgIpc) is 2.53. The highest BCUT2D eigenvalue weighted by atomic mass is 35.5. The third-order valence-corrected chi connectivity index (χ3v) is 3.59. The summed E-state index contributed by atoms with van der Waals surface area (Å²) < 4.78 is 0. The van der Waals surface area contributed by atoms with Gasteiger partial charge < -0.3 is 0 Å². The Morgan fingerprint density at radius 2 is 2.00 bits per heavy atom. The zero-order valence-electron chi connectivity index (χ0n) is 11.0. The summed E-state index contributed by atoms with van der Waals surface area (Å²) in [6.07, 6.45) is 3.59. The van der Waals surface area contributed by atoms with Gasteiger partial charge in [-0.15, -0.1) is 0 Å². The molecular weight excluding hydrogens is 284 g/mol. The van der Waals surface area contributed by atoms with Gasteiger partial charge in [-0.05, 0) is 35.9 Å². The number of anilines is 1. The van der Waals surface area contributed by atoms with Crippen LogP contribution in [0.4, 0.5) is 5.69 Å². The van der Waals surface area contributed by atoms with Crippen LogP contribution in [0.1, 0.15) is 15.9 Å². The molecule has 21 heavy (non-hydrogen) atoms. The van der Waals surface area contributed by atoms with Crippen LogP contribution in [0.2, 0.25) is 5.02 Å². The number of fused-ring (bicyclic) bond motifs is 1. The third-order valence-electron chi connectivity index (χ3n) is 3.36. The molecule has 1 aliphatic heterocycles. The van der Waals surface area contributed by atoms with E-state index >= 15 is 0 Å². The zero-order chi connectivity index (χ0) is 14.8. The van der Waals surface area contributed by atoms with Crippen LogP contribution in [-0.4, -0.2) is 11.9 Å². The van der Waals surface area contributed by atoms with E-state index in [1.807, 2.05) is 30.3 Å². The molecule has 102 valence electrons. The molecule has 0 N–H and O–H groups in total. The second kappa shape index (κ2) is 5.43. The number of rotatable bonds is 1. The van der Waals surface area contributed by atoms with Crippen molar-refractivity contribution in [3.05, 3.63) is 70.8 Å². The monoisotopic (exact) mass is 294 g/mol. The summed E-state index contributed by atoms with van der Waals surface area (Å²) in [5.41, 5.74) is 2.11. The number of benzene rings is 2. The van der Waals surface area contributed by atoms with E-state index in [-0.39, 0.29) is 5.91 Å². The van der Waals surface area contributed by atoms with Gasteiger partial charge >= 0.3 is 0 Å². The fraction of sp³-hybridized carbons (Fsp3) is 0.0588. The Hall–Kier alpha value is -2.57. The highest BCUT2D eigenvalue weighted by Crippen LogP contribution is 2.30. The third kappa shape index (κ3) is 2.42. The molecule has 0 saturated carbocycles. The minimum Gasteiger partial charge on any atom is -0.288 e. The fourth-order valence-electron chi connectivity index (χ4n) is 2.38. The maximum absolute atomic E-state index is 12.8. The van der Waals surface area contributed by atoms with Gasteiger partial charge in [0.25, 0.3) is 5.91 Å². The fourth-order valence-corrected chi connectivity index (χ4v) is 2.57. The van der Waals surface area contributed by atoms with E-state index in [2.05, 4.69) is 6.07 Å². The van der Waals surface area contributed by atoms with Crippen LogP contribution in [0.5, 0.6) is 0 Å². The smallest absolute Gasteiger partial charge is 0.259 e. The lowest BCUT2D eigenvalue weighted by atomic mass is 10.0. The van der Waals surface area contributed by atoms with Crippen molar-refractivity contribution in [2.45, 2.75) is 6.04 Å². The van der Waals surface area contributed by atoms with Crippen LogP contribution >= 0.6 is 11.6 Å². The van der Waals surface area contributed by atoms with Gasteiger partial charge in [-0.1, -0.05) is 41.9 Å². The first-order valence-corrected chi connectivity index (χ1v) is 6.84. The molecule has 0 fully saturated rings. The van der Waals surface area contributed by atoms with E-state index in [0.717, 1.165) is 11.3 Å². The van der Waals surface area contributed by atoms with Crippen LogP contribution < -0.4 is 4.90 Å². The Kier molecular flexibility index (Phi) is 3.47. The highest BCUT2D eigenvalue weighted by Gasteiger charge is 2.28. The Labute approximate surface area is 127 Å². The number of nitriles is 1. The standard InChI is InChI=1S/C17H11ClN2O/c18-14-6-3-5-13(10-14)17(21)20-15(11-19)9-8-12-4-1-2-7-16(12)20/h1-10,15H. The summed E-state index contributed by atoms with van der Waals surface area (Å²) in [6.45, 7) is 0. The number of halogens is 1. The minimum atomic E-state index is -0.619. The molecule has 0 saturated heterocycles. The first kappa shape index (κ1) is 13.4. The lowest BCUT2D eigenvalue weighted by Gasteiger charge is -2.30. The maximum atomic E-state index is 12.8. The van der Waals surface area contributed by atoms with Crippen LogP contribution in [0.3, 0.4) is 0 Å². The lowest BCUT2D eigenvalue weighted by molar-refractivity contribution is 0.0985. The van der Waals surface area contributed by atoms with E-state index in [9.17, 15) is 10.1 Å². The summed E-state index contributed by atoms with van der Waals surface area (Å²) in [5, 5.41) is 9.81. The number of hydrogen-bond donors (Lipinski definition) is 0. The molecule has 1 amide bonds. The number of carbonyl (C=O) groups is 1. The van der Waals surface area contributed by atoms with Crippen molar-refractivity contribution >= 4 is 29.3 Å². The molecule has 0 aromatic heterocycles. The number of carbonyl (C=O) groups excluding carboxylic acids is 1. The molecule has 2 aromatic carbocycles.